The van der Waals surface area contributed by atoms with E-state index in [9.17, 15) is 9.90 Å². The highest BCUT2D eigenvalue weighted by Gasteiger charge is 2.19. The molecule has 2 nitrogen and oxygen atoms in total. The molecule has 0 fully saturated rings. The Bertz CT molecular complexity index is 741. The topological polar surface area (TPSA) is 37.3 Å². The maximum Gasteiger partial charge on any atom is 0.335 e. The van der Waals surface area contributed by atoms with Crippen molar-refractivity contribution in [2.75, 3.05) is 0 Å². The predicted molar refractivity (Wildman–Crippen MR) is 89.2 cm³/mol. The number of aryl methyl sites for hydroxylation is 2. The molecule has 2 heteroatoms. The van der Waals surface area contributed by atoms with Gasteiger partial charge in [-0.3, -0.25) is 0 Å². The first-order valence-corrected chi connectivity index (χ1v) is 7.85. The van der Waals surface area contributed by atoms with Gasteiger partial charge in [-0.25, -0.2) is 4.79 Å². The minimum atomic E-state index is -0.866. The Morgan fingerprint density at radius 2 is 1.82 bits per heavy atom. The van der Waals surface area contributed by atoms with E-state index in [-0.39, 0.29) is 0 Å². The Morgan fingerprint density at radius 3 is 2.55 bits per heavy atom. The molecule has 22 heavy (non-hydrogen) atoms. The molecule has 1 aliphatic carbocycles. The molecular weight excluding hydrogens is 272 g/mol. The molecular formula is C20H20O2. The minimum absolute atomic E-state index is 0.362. The van der Waals surface area contributed by atoms with E-state index in [0.29, 0.717) is 5.56 Å². The summed E-state index contributed by atoms with van der Waals surface area (Å²) in [5.41, 5.74) is 6.46. The SMILES string of the molecule is CCCC=C1c2ccccc2CCc2ccc(C(=O)O)cc21. The van der Waals surface area contributed by atoms with Crippen molar-refractivity contribution < 1.29 is 9.90 Å². The van der Waals surface area contributed by atoms with Crippen LogP contribution in [0.4, 0.5) is 0 Å². The maximum atomic E-state index is 11.3. The van der Waals surface area contributed by atoms with Gasteiger partial charge >= 0.3 is 5.97 Å². The number of hydrogen-bond donors (Lipinski definition) is 1. The van der Waals surface area contributed by atoms with Gasteiger partial charge in [0, 0.05) is 0 Å². The quantitative estimate of drug-likeness (QED) is 0.889. The smallest absolute Gasteiger partial charge is 0.335 e. The lowest BCUT2D eigenvalue weighted by molar-refractivity contribution is 0.0697. The maximum absolute atomic E-state index is 11.3. The number of carbonyl (C=O) groups is 1. The van der Waals surface area contributed by atoms with E-state index in [1.54, 1.807) is 6.07 Å². The van der Waals surface area contributed by atoms with Crippen molar-refractivity contribution in [1.29, 1.82) is 0 Å². The molecule has 0 saturated heterocycles. The Hall–Kier alpha value is -2.35. The highest BCUT2D eigenvalue weighted by Crippen LogP contribution is 2.34. The Labute approximate surface area is 131 Å². The summed E-state index contributed by atoms with van der Waals surface area (Å²) in [4.78, 5) is 11.3. The van der Waals surface area contributed by atoms with Crippen LogP contribution in [0, 0.1) is 0 Å². The second kappa shape index (κ2) is 6.18. The van der Waals surface area contributed by atoms with Gasteiger partial charge in [0.25, 0.3) is 0 Å². The Morgan fingerprint density at radius 1 is 1.09 bits per heavy atom. The number of allylic oxidation sites excluding steroid dienone is 1. The fraction of sp³-hybridized carbons (Fsp3) is 0.250. The summed E-state index contributed by atoms with van der Waals surface area (Å²) in [6, 6.07) is 14.0. The molecule has 0 bridgehead atoms. The van der Waals surface area contributed by atoms with E-state index >= 15 is 0 Å². The standard InChI is InChI=1S/C20H20O2/c1-2-3-7-18-17-8-5-4-6-14(17)9-10-15-11-12-16(20(21)22)13-19(15)18/h4-8,11-13H,2-3,9-10H2,1H3,(H,21,22). The zero-order valence-corrected chi connectivity index (χ0v) is 12.8. The second-order valence-electron chi connectivity index (χ2n) is 5.74. The van der Waals surface area contributed by atoms with Gasteiger partial charge in [0.1, 0.15) is 0 Å². The summed E-state index contributed by atoms with van der Waals surface area (Å²) in [7, 11) is 0. The van der Waals surface area contributed by atoms with E-state index in [1.165, 1.54) is 22.3 Å². The number of benzene rings is 2. The number of carboxylic acid groups (broad SMARTS) is 1. The third-order valence-corrected chi connectivity index (χ3v) is 4.26. The largest absolute Gasteiger partial charge is 0.478 e. The molecule has 2 aromatic carbocycles. The van der Waals surface area contributed by atoms with Crippen LogP contribution in [0.15, 0.2) is 48.5 Å². The zero-order chi connectivity index (χ0) is 15.5. The first-order chi connectivity index (χ1) is 10.7. The first-order valence-electron chi connectivity index (χ1n) is 7.85. The summed E-state index contributed by atoms with van der Waals surface area (Å²) < 4.78 is 0. The lowest BCUT2D eigenvalue weighted by Crippen LogP contribution is -2.00. The van der Waals surface area contributed by atoms with E-state index in [0.717, 1.165) is 31.2 Å². The van der Waals surface area contributed by atoms with Crippen molar-refractivity contribution in [2.24, 2.45) is 0 Å². The van der Waals surface area contributed by atoms with Crippen LogP contribution in [0.3, 0.4) is 0 Å². The van der Waals surface area contributed by atoms with Gasteiger partial charge in [-0.05, 0) is 59.2 Å². The van der Waals surface area contributed by atoms with Crippen LogP contribution < -0.4 is 0 Å². The van der Waals surface area contributed by atoms with Crippen molar-refractivity contribution in [3.8, 4) is 0 Å². The molecule has 0 unspecified atom stereocenters. The van der Waals surface area contributed by atoms with Crippen LogP contribution in [-0.4, -0.2) is 11.1 Å². The van der Waals surface area contributed by atoms with E-state index in [1.807, 2.05) is 12.1 Å². The summed E-state index contributed by atoms with van der Waals surface area (Å²) in [6.07, 6.45) is 6.30. The summed E-state index contributed by atoms with van der Waals surface area (Å²) in [6.45, 7) is 2.16. The van der Waals surface area contributed by atoms with Crippen LogP contribution in [0.2, 0.25) is 0 Å². The molecule has 1 aliphatic rings. The summed E-state index contributed by atoms with van der Waals surface area (Å²) >= 11 is 0. The average Bonchev–Trinajstić information content (AvgIpc) is 2.69. The van der Waals surface area contributed by atoms with Crippen LogP contribution >= 0.6 is 0 Å². The van der Waals surface area contributed by atoms with Crippen molar-refractivity contribution in [3.05, 3.63) is 76.4 Å². The number of rotatable bonds is 3. The van der Waals surface area contributed by atoms with Gasteiger partial charge in [0.15, 0.2) is 0 Å². The fourth-order valence-corrected chi connectivity index (χ4v) is 3.10. The zero-order valence-electron chi connectivity index (χ0n) is 12.8. The van der Waals surface area contributed by atoms with Crippen LogP contribution in [0.1, 0.15) is 52.4 Å². The third-order valence-electron chi connectivity index (χ3n) is 4.26. The first kappa shape index (κ1) is 14.6. The third kappa shape index (κ3) is 2.69. The number of carboxylic acids is 1. The highest BCUT2D eigenvalue weighted by molar-refractivity contribution is 5.91. The van der Waals surface area contributed by atoms with Gasteiger partial charge in [0.05, 0.1) is 5.56 Å². The number of unbranched alkanes of at least 4 members (excludes halogenated alkanes) is 1. The van der Waals surface area contributed by atoms with Crippen molar-refractivity contribution >= 4 is 11.5 Å². The molecule has 0 radical (unpaired) electrons. The molecule has 0 saturated carbocycles. The molecule has 0 spiro atoms. The molecule has 0 aliphatic heterocycles. The Kier molecular flexibility index (Phi) is 4.10. The normalized spacial score (nSPS) is 15.0. The van der Waals surface area contributed by atoms with E-state index < -0.39 is 5.97 Å². The Balaban J connectivity index is 2.21. The fourth-order valence-electron chi connectivity index (χ4n) is 3.10. The molecule has 0 aromatic heterocycles. The molecule has 112 valence electrons. The van der Waals surface area contributed by atoms with Crippen molar-refractivity contribution in [2.45, 2.75) is 32.6 Å². The van der Waals surface area contributed by atoms with E-state index in [2.05, 4.69) is 37.3 Å². The predicted octanol–water partition coefficient (Wildman–Crippen LogP) is 4.72. The highest BCUT2D eigenvalue weighted by atomic mass is 16.4. The molecule has 2 aromatic rings. The second-order valence-corrected chi connectivity index (χ2v) is 5.74. The number of hydrogen-bond acceptors (Lipinski definition) is 1. The summed E-state index contributed by atoms with van der Waals surface area (Å²) in [5, 5.41) is 9.29. The number of fused-ring (bicyclic) bond motifs is 2. The van der Waals surface area contributed by atoms with Gasteiger partial charge in [0.2, 0.25) is 0 Å². The summed E-state index contributed by atoms with van der Waals surface area (Å²) in [5.74, 6) is -0.866. The van der Waals surface area contributed by atoms with Crippen molar-refractivity contribution in [3.63, 3.8) is 0 Å². The monoisotopic (exact) mass is 292 g/mol. The minimum Gasteiger partial charge on any atom is -0.478 e. The van der Waals surface area contributed by atoms with Gasteiger partial charge in [-0.15, -0.1) is 0 Å². The van der Waals surface area contributed by atoms with Crippen LogP contribution in [-0.2, 0) is 12.8 Å². The van der Waals surface area contributed by atoms with Crippen LogP contribution in [0.5, 0.6) is 0 Å². The van der Waals surface area contributed by atoms with Gasteiger partial charge in [-0.1, -0.05) is 49.8 Å². The molecule has 0 amide bonds. The number of aromatic carboxylic acids is 1. The average molecular weight is 292 g/mol. The van der Waals surface area contributed by atoms with Gasteiger partial charge in [-0.2, -0.15) is 0 Å². The van der Waals surface area contributed by atoms with Crippen LogP contribution in [0.25, 0.3) is 5.57 Å². The lowest BCUT2D eigenvalue weighted by Gasteiger charge is -2.13. The molecule has 0 heterocycles. The molecule has 3 rings (SSSR count). The van der Waals surface area contributed by atoms with Gasteiger partial charge < -0.3 is 5.11 Å². The lowest BCUT2D eigenvalue weighted by atomic mass is 9.92. The van der Waals surface area contributed by atoms with Crippen molar-refractivity contribution in [1.82, 2.24) is 0 Å². The van der Waals surface area contributed by atoms with E-state index in [4.69, 9.17) is 0 Å². The molecule has 1 N–H and O–H groups in total. The molecule has 0 atom stereocenters.